The maximum Gasteiger partial charge on any atom is 0.410 e. The van der Waals surface area contributed by atoms with Gasteiger partial charge < -0.3 is 24.3 Å². The summed E-state index contributed by atoms with van der Waals surface area (Å²) >= 11 is 0. The third-order valence-corrected chi connectivity index (χ3v) is 10.9. The summed E-state index contributed by atoms with van der Waals surface area (Å²) in [6.45, 7) is 16.7. The van der Waals surface area contributed by atoms with Crippen molar-refractivity contribution < 1.29 is 28.6 Å². The van der Waals surface area contributed by atoms with Gasteiger partial charge in [0, 0.05) is 6.54 Å². The Morgan fingerprint density at radius 2 is 1.74 bits per heavy atom. The first-order valence-corrected chi connectivity index (χ1v) is 14.8. The first kappa shape index (κ1) is 28.1. The van der Waals surface area contributed by atoms with E-state index in [-0.39, 0.29) is 24.7 Å². The highest BCUT2D eigenvalue weighted by atomic mass is 28.4. The first-order chi connectivity index (χ1) is 15.6. The second-order valence-electron chi connectivity index (χ2n) is 11.4. The molecule has 0 aromatic heterocycles. The molecule has 8 nitrogen and oxygen atoms in total. The molecular weight excluding hydrogens is 452 g/mol. The van der Waals surface area contributed by atoms with Gasteiger partial charge in [0.25, 0.3) is 0 Å². The molecule has 0 radical (unpaired) electrons. The van der Waals surface area contributed by atoms with Crippen LogP contribution in [0.3, 0.4) is 0 Å². The lowest BCUT2D eigenvalue weighted by molar-refractivity contribution is 0.0129. The molecule has 0 spiro atoms. The lowest BCUT2D eigenvalue weighted by atomic mass is 10.1. The normalized spacial score (nSPS) is 21.3. The summed E-state index contributed by atoms with van der Waals surface area (Å²) in [5, 5.41) is 13.8. The third-order valence-electron chi connectivity index (χ3n) is 6.35. The van der Waals surface area contributed by atoms with E-state index in [1.54, 1.807) is 20.8 Å². The zero-order valence-corrected chi connectivity index (χ0v) is 22.9. The van der Waals surface area contributed by atoms with E-state index in [1.165, 1.54) is 4.90 Å². The second-order valence-corrected chi connectivity index (χ2v) is 16.1. The van der Waals surface area contributed by atoms with Crippen LogP contribution in [-0.2, 0) is 20.5 Å². The molecule has 3 atom stereocenters. The van der Waals surface area contributed by atoms with Crippen LogP contribution < -0.4 is 5.32 Å². The van der Waals surface area contributed by atoms with Crippen LogP contribution in [0.5, 0.6) is 0 Å². The van der Waals surface area contributed by atoms with E-state index in [4.69, 9.17) is 13.9 Å². The maximum atomic E-state index is 12.9. The minimum absolute atomic E-state index is 0.0361. The Kier molecular flexibility index (Phi) is 9.18. The average molecular weight is 495 g/mol. The van der Waals surface area contributed by atoms with Crippen molar-refractivity contribution in [2.45, 2.75) is 96.6 Å². The van der Waals surface area contributed by atoms with Gasteiger partial charge in [-0.2, -0.15) is 0 Å². The lowest BCUT2D eigenvalue weighted by Crippen LogP contribution is -2.47. The molecule has 1 aliphatic heterocycles. The van der Waals surface area contributed by atoms with Gasteiger partial charge in [0.1, 0.15) is 18.3 Å². The summed E-state index contributed by atoms with van der Waals surface area (Å²) in [6, 6.07) is 8.87. The Morgan fingerprint density at radius 3 is 2.29 bits per heavy atom. The topological polar surface area (TPSA) is 97.3 Å². The molecule has 192 valence electrons. The van der Waals surface area contributed by atoms with Crippen LogP contribution in [0.25, 0.3) is 0 Å². The average Bonchev–Trinajstić information content (AvgIpc) is 3.00. The molecule has 2 N–H and O–H groups in total. The van der Waals surface area contributed by atoms with E-state index in [2.05, 4.69) is 39.2 Å². The zero-order chi connectivity index (χ0) is 25.7. The number of aliphatic hydroxyl groups is 1. The number of nitrogens with zero attached hydrogens (tertiary/aromatic N) is 1. The molecule has 1 aromatic rings. The molecular formula is C25H42N2O6Si. The van der Waals surface area contributed by atoms with Crippen LogP contribution >= 0.6 is 0 Å². The van der Waals surface area contributed by atoms with Gasteiger partial charge >= 0.3 is 12.2 Å². The molecule has 1 aromatic carbocycles. The van der Waals surface area contributed by atoms with Crippen LogP contribution in [0.15, 0.2) is 30.3 Å². The molecule has 1 saturated heterocycles. The van der Waals surface area contributed by atoms with Gasteiger partial charge in [0.15, 0.2) is 8.32 Å². The number of hydrogen-bond acceptors (Lipinski definition) is 6. The number of aliphatic hydroxyl groups excluding tert-OH is 1. The summed E-state index contributed by atoms with van der Waals surface area (Å²) < 4.78 is 17.3. The summed E-state index contributed by atoms with van der Waals surface area (Å²) in [5.41, 5.74) is 0.232. The highest BCUT2D eigenvalue weighted by molar-refractivity contribution is 6.74. The fourth-order valence-corrected chi connectivity index (χ4v) is 4.81. The van der Waals surface area contributed by atoms with Crippen LogP contribution in [0.2, 0.25) is 18.1 Å². The van der Waals surface area contributed by atoms with Gasteiger partial charge in [-0.3, -0.25) is 4.90 Å². The number of likely N-dealkylation sites (tertiary alicyclic amines) is 1. The van der Waals surface area contributed by atoms with E-state index in [0.717, 1.165) is 5.56 Å². The Labute approximate surface area is 205 Å². The van der Waals surface area contributed by atoms with Gasteiger partial charge in [0.2, 0.25) is 0 Å². The summed E-state index contributed by atoms with van der Waals surface area (Å²) in [6.07, 6.45) is -2.09. The molecule has 1 fully saturated rings. The molecule has 9 heteroatoms. The van der Waals surface area contributed by atoms with Crippen molar-refractivity contribution in [3.63, 3.8) is 0 Å². The van der Waals surface area contributed by atoms with Gasteiger partial charge in [-0.05, 0) is 50.9 Å². The van der Waals surface area contributed by atoms with Crippen molar-refractivity contribution in [3.05, 3.63) is 35.9 Å². The van der Waals surface area contributed by atoms with Gasteiger partial charge in [-0.15, -0.1) is 0 Å². The molecule has 1 aliphatic rings. The third kappa shape index (κ3) is 7.99. The van der Waals surface area contributed by atoms with Crippen LogP contribution in [0.1, 0.15) is 53.5 Å². The highest BCUT2D eigenvalue weighted by Crippen LogP contribution is 2.39. The smallest absolute Gasteiger partial charge is 0.410 e. The first-order valence-electron chi connectivity index (χ1n) is 11.9. The summed E-state index contributed by atoms with van der Waals surface area (Å²) in [7, 11) is -2.17. The minimum atomic E-state index is -2.17. The summed E-state index contributed by atoms with van der Waals surface area (Å²) in [5.74, 6) is 0. The number of carbonyl (C=O) groups excluding carboxylic acids is 2. The number of hydrogen-bond donors (Lipinski definition) is 2. The molecule has 2 rings (SSSR count). The number of benzene rings is 1. The lowest BCUT2D eigenvalue weighted by Gasteiger charge is -2.39. The standard InChI is InChI=1S/C25H42N2O6Si/c1-24(2,3)32-23(30)27-16-20(33-34(7,8)25(4,5)6)21(28)19(27)14-15-26-22(29)31-17-18-12-10-9-11-13-18/h9-13,19-21,28H,14-17H2,1-8H3,(H,26,29). The van der Waals surface area contributed by atoms with Crippen molar-refractivity contribution in [3.8, 4) is 0 Å². The fraction of sp³-hybridized carbons (Fsp3) is 0.680. The number of amides is 2. The molecule has 0 saturated carbocycles. The van der Waals surface area contributed by atoms with Gasteiger partial charge in [0.05, 0.1) is 18.7 Å². The van der Waals surface area contributed by atoms with Crippen molar-refractivity contribution in [2.75, 3.05) is 13.1 Å². The predicted octanol–water partition coefficient (Wildman–Crippen LogP) is 4.67. The Bertz CT molecular complexity index is 819. The Hall–Kier alpha value is -2.10. The van der Waals surface area contributed by atoms with E-state index in [1.807, 2.05) is 30.3 Å². The van der Waals surface area contributed by atoms with Crippen LogP contribution in [-0.4, -0.2) is 67.5 Å². The molecule has 34 heavy (non-hydrogen) atoms. The molecule has 0 aliphatic carbocycles. The van der Waals surface area contributed by atoms with Crippen molar-refractivity contribution in [1.29, 1.82) is 0 Å². The number of carbonyl (C=O) groups is 2. The SMILES string of the molecule is CC(C)(C)OC(=O)N1CC(O[Si](C)(C)C(C)(C)C)C(O)C1CCNC(=O)OCc1ccccc1. The predicted molar refractivity (Wildman–Crippen MR) is 134 cm³/mol. The molecule has 0 bridgehead atoms. The van der Waals surface area contributed by atoms with Crippen molar-refractivity contribution >= 4 is 20.5 Å². The van der Waals surface area contributed by atoms with E-state index >= 15 is 0 Å². The number of nitrogens with one attached hydrogen (secondary N) is 1. The monoisotopic (exact) mass is 494 g/mol. The minimum Gasteiger partial charge on any atom is -0.445 e. The molecule has 1 heterocycles. The second kappa shape index (κ2) is 11.1. The van der Waals surface area contributed by atoms with Crippen LogP contribution in [0, 0.1) is 0 Å². The quantitative estimate of drug-likeness (QED) is 0.535. The van der Waals surface area contributed by atoms with E-state index in [9.17, 15) is 14.7 Å². The number of ether oxygens (including phenoxy) is 2. The maximum absolute atomic E-state index is 12.9. The Balaban J connectivity index is 2.01. The molecule has 3 unspecified atom stereocenters. The van der Waals surface area contributed by atoms with Gasteiger partial charge in [-0.1, -0.05) is 51.1 Å². The van der Waals surface area contributed by atoms with E-state index < -0.39 is 44.4 Å². The number of rotatable bonds is 7. The van der Waals surface area contributed by atoms with Crippen LogP contribution in [0.4, 0.5) is 9.59 Å². The Morgan fingerprint density at radius 1 is 1.12 bits per heavy atom. The summed E-state index contributed by atoms with van der Waals surface area (Å²) in [4.78, 5) is 26.6. The fourth-order valence-electron chi connectivity index (χ4n) is 3.48. The van der Waals surface area contributed by atoms with E-state index in [0.29, 0.717) is 6.42 Å². The number of alkyl carbamates (subject to hydrolysis) is 1. The largest absolute Gasteiger partial charge is 0.445 e. The van der Waals surface area contributed by atoms with Gasteiger partial charge in [-0.25, -0.2) is 9.59 Å². The molecule has 2 amide bonds. The van der Waals surface area contributed by atoms with Crippen molar-refractivity contribution in [1.82, 2.24) is 10.2 Å². The van der Waals surface area contributed by atoms with Crippen molar-refractivity contribution in [2.24, 2.45) is 0 Å². The highest BCUT2D eigenvalue weighted by Gasteiger charge is 2.49. The zero-order valence-electron chi connectivity index (χ0n) is 21.9.